The zero-order valence-electron chi connectivity index (χ0n) is 25.9. The van der Waals surface area contributed by atoms with Crippen molar-refractivity contribution in [1.29, 1.82) is 0 Å². The Balaban J connectivity index is 1.91. The minimum atomic E-state index is -5.29. The quantitative estimate of drug-likeness (QED) is 0.332. The maximum Gasteiger partial charge on any atom is 0.573 e. The lowest BCUT2D eigenvalue weighted by molar-refractivity contribution is -0.953. The Morgan fingerprint density at radius 2 is 1.77 bits per heavy atom. The first kappa shape index (κ1) is 34.5. The molecule has 0 radical (unpaired) electrons. The number of likely N-dealkylation sites (N-methyl/N-ethyl adjacent to an activating group) is 2. The van der Waals surface area contributed by atoms with Gasteiger partial charge < -0.3 is 24.6 Å². The fourth-order valence-corrected chi connectivity index (χ4v) is 8.80. The van der Waals surface area contributed by atoms with Gasteiger partial charge in [0.25, 0.3) is 15.9 Å². The monoisotopic (exact) mass is 742 g/mol. The van der Waals surface area contributed by atoms with E-state index in [0.717, 1.165) is 18.2 Å². The molecule has 1 saturated heterocycles. The molecule has 252 valence electrons. The molecule has 0 aromatic heterocycles. The number of aliphatic hydroxyl groups is 1. The van der Waals surface area contributed by atoms with Gasteiger partial charge in [-0.15, -0.1) is 13.2 Å². The van der Waals surface area contributed by atoms with Gasteiger partial charge in [0.1, 0.15) is 29.0 Å². The molecule has 2 heterocycles. The Hall–Kier alpha value is -3.86. The van der Waals surface area contributed by atoms with Gasteiger partial charge in [0.2, 0.25) is 5.54 Å². The van der Waals surface area contributed by atoms with Gasteiger partial charge in [-0.25, -0.2) is 8.42 Å². The number of hydrogen-bond donors (Lipinski definition) is 2. The zero-order valence-corrected chi connectivity index (χ0v) is 28.3. The minimum Gasteiger partial charge on any atom is -0.497 e. The molecule has 47 heavy (non-hydrogen) atoms. The van der Waals surface area contributed by atoms with Crippen molar-refractivity contribution in [2.24, 2.45) is 0 Å². The van der Waals surface area contributed by atoms with Crippen LogP contribution in [0.4, 0.5) is 18.9 Å². The van der Waals surface area contributed by atoms with Crippen LogP contribution in [0.1, 0.15) is 23.1 Å². The number of quaternary nitrogens is 1. The summed E-state index contributed by atoms with van der Waals surface area (Å²) < 4.78 is 85.2. The third-order valence-corrected chi connectivity index (χ3v) is 11.0. The Morgan fingerprint density at radius 1 is 1.06 bits per heavy atom. The summed E-state index contributed by atoms with van der Waals surface area (Å²) in [5, 5.41) is 13.6. The number of anilines is 1. The van der Waals surface area contributed by atoms with Crippen LogP contribution >= 0.6 is 15.9 Å². The van der Waals surface area contributed by atoms with Crippen LogP contribution in [-0.2, 0) is 25.2 Å². The Bertz CT molecular complexity index is 1870. The van der Waals surface area contributed by atoms with Crippen molar-refractivity contribution in [3.63, 3.8) is 0 Å². The standard InChI is InChI=1S/C31H31BrF3N3O8S/c1-17-6-10-25(45-5)22(12-17)30(38(3)16-19(39)14-24(38)28(40)36-2)21-13-18(32)7-9-23(21)37(29(30)41)47(42,43)27-11-8-20(44-4)15-26(27)46-31(33,34)35/h6-13,15,19,24,39H,14,16H2,1-5H3/p+1/t19-,24+,30?,38?/m1/s1. The van der Waals surface area contributed by atoms with Crippen LogP contribution in [0.25, 0.3) is 0 Å². The summed E-state index contributed by atoms with van der Waals surface area (Å²) in [4.78, 5) is 28.0. The molecule has 1 fully saturated rings. The van der Waals surface area contributed by atoms with Crippen LogP contribution in [0.3, 0.4) is 0 Å². The van der Waals surface area contributed by atoms with Crippen LogP contribution in [0, 0.1) is 6.92 Å². The van der Waals surface area contributed by atoms with E-state index < -0.39 is 61.0 Å². The molecule has 2 N–H and O–H groups in total. The van der Waals surface area contributed by atoms with E-state index in [4.69, 9.17) is 9.47 Å². The molecule has 2 amide bonds. The van der Waals surface area contributed by atoms with E-state index in [0.29, 0.717) is 14.3 Å². The third-order valence-electron chi connectivity index (χ3n) is 8.79. The molecule has 0 aliphatic carbocycles. The number of carbonyl (C=O) groups is 2. The lowest BCUT2D eigenvalue weighted by Gasteiger charge is -2.48. The van der Waals surface area contributed by atoms with Gasteiger partial charge in [0.15, 0.2) is 11.8 Å². The number of aliphatic hydroxyl groups excluding tert-OH is 1. The van der Waals surface area contributed by atoms with E-state index in [1.807, 2.05) is 0 Å². The number of nitrogens with zero attached hydrogens (tertiary/aromatic N) is 2. The molecule has 0 bridgehead atoms. The van der Waals surface area contributed by atoms with Crippen LogP contribution in [-0.4, -0.2) is 83.2 Å². The van der Waals surface area contributed by atoms with E-state index in [1.165, 1.54) is 39.5 Å². The van der Waals surface area contributed by atoms with E-state index >= 15 is 4.79 Å². The van der Waals surface area contributed by atoms with Crippen LogP contribution in [0.2, 0.25) is 0 Å². The van der Waals surface area contributed by atoms with Crippen LogP contribution < -0.4 is 23.8 Å². The Labute approximate surface area is 277 Å². The highest BCUT2D eigenvalue weighted by molar-refractivity contribution is 9.10. The fraction of sp³-hybridized carbons (Fsp3) is 0.355. The molecular formula is C31H32BrF3N3O8S+. The summed E-state index contributed by atoms with van der Waals surface area (Å²) in [5.41, 5.74) is -1.30. The highest BCUT2D eigenvalue weighted by Gasteiger charge is 2.72. The predicted octanol–water partition coefficient (Wildman–Crippen LogP) is 3.98. The summed E-state index contributed by atoms with van der Waals surface area (Å²) >= 11 is 3.43. The number of nitrogens with one attached hydrogen (secondary N) is 1. The lowest BCUT2D eigenvalue weighted by atomic mass is 9.78. The molecule has 2 unspecified atom stereocenters. The first-order valence-corrected chi connectivity index (χ1v) is 16.4. The van der Waals surface area contributed by atoms with Gasteiger partial charge in [-0.3, -0.25) is 14.1 Å². The minimum absolute atomic E-state index is 0.0720. The lowest BCUT2D eigenvalue weighted by Crippen LogP contribution is -2.69. The van der Waals surface area contributed by atoms with E-state index in [2.05, 4.69) is 26.0 Å². The molecule has 16 heteroatoms. The second-order valence-electron chi connectivity index (χ2n) is 11.5. The molecular weight excluding hydrogens is 711 g/mol. The largest absolute Gasteiger partial charge is 0.573 e. The van der Waals surface area contributed by atoms with Gasteiger partial charge in [-0.1, -0.05) is 27.6 Å². The van der Waals surface area contributed by atoms with Crippen molar-refractivity contribution in [3.8, 4) is 17.2 Å². The Morgan fingerprint density at radius 3 is 2.38 bits per heavy atom. The van der Waals surface area contributed by atoms with Crippen molar-refractivity contribution < 1.29 is 55.0 Å². The van der Waals surface area contributed by atoms with Crippen LogP contribution in [0.5, 0.6) is 17.2 Å². The number of carbonyl (C=O) groups excluding carboxylic acids is 2. The number of methoxy groups -OCH3 is 2. The maximum absolute atomic E-state index is 15.4. The summed E-state index contributed by atoms with van der Waals surface area (Å²) in [6, 6.07) is 11.0. The second kappa shape index (κ2) is 12.0. The fourth-order valence-electron chi connectivity index (χ4n) is 6.88. The van der Waals surface area contributed by atoms with Crippen molar-refractivity contribution >= 4 is 43.5 Å². The number of rotatable bonds is 8. The van der Waals surface area contributed by atoms with Crippen molar-refractivity contribution in [2.45, 2.75) is 42.3 Å². The van der Waals surface area contributed by atoms with Gasteiger partial charge in [0, 0.05) is 24.0 Å². The molecule has 5 rings (SSSR count). The number of aryl methyl sites for hydroxylation is 1. The summed E-state index contributed by atoms with van der Waals surface area (Å²) in [7, 11) is 0.332. The van der Waals surface area contributed by atoms with Crippen molar-refractivity contribution in [1.82, 2.24) is 5.32 Å². The molecule has 0 saturated carbocycles. The van der Waals surface area contributed by atoms with Crippen molar-refractivity contribution in [3.05, 3.63) is 75.8 Å². The number of fused-ring (bicyclic) bond motifs is 1. The molecule has 0 spiro atoms. The topological polar surface area (TPSA) is 131 Å². The molecule has 4 atom stereocenters. The number of alkyl halides is 3. The predicted molar refractivity (Wildman–Crippen MR) is 167 cm³/mol. The van der Waals surface area contributed by atoms with Gasteiger partial charge in [0.05, 0.1) is 38.1 Å². The Kier molecular flexibility index (Phi) is 8.79. The number of halogens is 4. The van der Waals surface area contributed by atoms with Crippen molar-refractivity contribution in [2.75, 3.05) is 39.2 Å². The number of benzene rings is 3. The SMILES string of the molecule is CNC(=O)[C@@H]1C[C@@H](O)C[N+]1(C)C1(c2cc(C)ccc2OC)C(=O)N(S(=O)(=O)c2ccc(OC)cc2OC(F)(F)F)c2ccc(Br)cc21. The zero-order chi connectivity index (χ0) is 34.7. The van der Waals surface area contributed by atoms with E-state index in [1.54, 1.807) is 32.2 Å². The number of likely N-dealkylation sites (tertiary alicyclic amines) is 1. The first-order chi connectivity index (χ1) is 22.0. The maximum atomic E-state index is 15.4. The normalized spacial score (nSPS) is 24.2. The summed E-state index contributed by atoms with van der Waals surface area (Å²) in [5.74, 6) is -2.69. The average molecular weight is 744 g/mol. The number of amides is 2. The smallest absolute Gasteiger partial charge is 0.497 e. The van der Waals surface area contributed by atoms with Gasteiger partial charge >= 0.3 is 12.3 Å². The second-order valence-corrected chi connectivity index (χ2v) is 14.2. The molecule has 2 aliphatic heterocycles. The number of hydrogen-bond acceptors (Lipinski definition) is 8. The molecule has 3 aromatic rings. The van der Waals surface area contributed by atoms with Gasteiger partial charge in [-0.05, 0) is 49.4 Å². The highest BCUT2D eigenvalue weighted by Crippen LogP contribution is 2.58. The summed E-state index contributed by atoms with van der Waals surface area (Å²) in [6.45, 7) is 1.57. The third kappa shape index (κ3) is 5.40. The van der Waals surface area contributed by atoms with E-state index in [-0.39, 0.29) is 41.3 Å². The average Bonchev–Trinajstić information content (AvgIpc) is 3.46. The van der Waals surface area contributed by atoms with E-state index in [9.17, 15) is 31.5 Å². The molecule has 11 nitrogen and oxygen atoms in total. The number of ether oxygens (including phenoxy) is 3. The highest BCUT2D eigenvalue weighted by atomic mass is 79.9. The molecule has 2 aliphatic rings. The number of sulfonamides is 1. The molecule has 3 aromatic carbocycles. The summed E-state index contributed by atoms with van der Waals surface area (Å²) in [6.07, 6.45) is -6.45. The first-order valence-electron chi connectivity index (χ1n) is 14.2. The van der Waals surface area contributed by atoms with Crippen LogP contribution in [0.15, 0.2) is 64.0 Å². The van der Waals surface area contributed by atoms with Gasteiger partial charge in [-0.2, -0.15) is 4.31 Å².